The summed E-state index contributed by atoms with van der Waals surface area (Å²) in [6, 6.07) is 0. The molecule has 0 saturated heterocycles. The van der Waals surface area contributed by atoms with Crippen molar-refractivity contribution in [1.82, 2.24) is 0 Å². The number of hydrogen-bond acceptors (Lipinski definition) is 4. The number of nitrogens with two attached hydrogens (primary N) is 1. The Bertz CT molecular complexity index is 158. The Labute approximate surface area is 80.3 Å². The highest BCUT2D eigenvalue weighted by molar-refractivity contribution is 7.81. The molecule has 0 bridgehead atoms. The minimum absolute atomic E-state index is 0.446. The fourth-order valence-corrected chi connectivity index (χ4v) is 1.61. The molecule has 0 amide bonds. The summed E-state index contributed by atoms with van der Waals surface area (Å²) >= 11 is 4.21. The highest BCUT2D eigenvalue weighted by Crippen LogP contribution is 2.29. The van der Waals surface area contributed by atoms with Crippen molar-refractivity contribution in [3.63, 3.8) is 0 Å². The van der Waals surface area contributed by atoms with Crippen LogP contribution in [0, 0.1) is 0 Å². The van der Waals surface area contributed by atoms with Gasteiger partial charge in [0.2, 0.25) is 0 Å². The Hall–Kier alpha value is 0.370. The molecule has 0 aromatic rings. The van der Waals surface area contributed by atoms with Gasteiger partial charge in [0.15, 0.2) is 12.4 Å². The maximum Gasteiger partial charge on any atom is 0.509 e. The van der Waals surface area contributed by atoms with Crippen LogP contribution in [0.15, 0.2) is 0 Å². The minimum atomic E-state index is -1.61. The van der Waals surface area contributed by atoms with Crippen LogP contribution >= 0.6 is 20.7 Å². The van der Waals surface area contributed by atoms with Crippen LogP contribution in [0.3, 0.4) is 0 Å². The van der Waals surface area contributed by atoms with Crippen LogP contribution in [0.4, 0.5) is 0 Å². The van der Waals surface area contributed by atoms with Crippen molar-refractivity contribution in [2.24, 2.45) is 5.73 Å². The highest BCUT2D eigenvalue weighted by atomic mass is 32.1. The fraction of sp³-hybridized carbons (Fsp3) is 1.00. The first-order chi connectivity index (χ1) is 5.38. The third-order valence-electron chi connectivity index (χ3n) is 1.33. The summed E-state index contributed by atoms with van der Waals surface area (Å²) in [5, 5.41) is 0. The molecule has 0 aromatic heterocycles. The molecule has 2 N–H and O–H groups in total. The first-order valence-corrected chi connectivity index (χ1v) is 5.78. The largest absolute Gasteiger partial charge is 0.509 e. The average molecular weight is 210 g/mol. The Kier molecular flexibility index (Phi) is 5.34. The van der Waals surface area contributed by atoms with Gasteiger partial charge in [-0.05, 0) is 24.8 Å². The van der Waals surface area contributed by atoms with Gasteiger partial charge in [-0.3, -0.25) is 0 Å². The van der Waals surface area contributed by atoms with Crippen molar-refractivity contribution in [3.05, 3.63) is 0 Å². The summed E-state index contributed by atoms with van der Waals surface area (Å²) in [5.41, 5.74) is 5.60. The summed E-state index contributed by atoms with van der Waals surface area (Å²) in [5.74, 6) is 0. The van der Waals surface area contributed by atoms with Gasteiger partial charge in [0.05, 0.1) is 4.75 Å². The second-order valence-corrected chi connectivity index (χ2v) is 5.71. The number of thiol groups is 1. The van der Waals surface area contributed by atoms with E-state index in [2.05, 4.69) is 12.6 Å². The van der Waals surface area contributed by atoms with Gasteiger partial charge in [0.25, 0.3) is 0 Å². The molecule has 0 heterocycles. The average Bonchev–Trinajstić information content (AvgIpc) is 1.85. The molecule has 0 spiro atoms. The zero-order valence-electron chi connectivity index (χ0n) is 7.78. The van der Waals surface area contributed by atoms with E-state index in [0.717, 1.165) is 6.42 Å². The smallest absolute Gasteiger partial charge is 0.301 e. The van der Waals surface area contributed by atoms with E-state index >= 15 is 0 Å². The molecule has 3 nitrogen and oxygen atoms in total. The molecule has 0 fully saturated rings. The van der Waals surface area contributed by atoms with Crippen molar-refractivity contribution in [1.29, 1.82) is 0 Å². The highest BCUT2D eigenvalue weighted by Gasteiger charge is 2.31. The van der Waals surface area contributed by atoms with E-state index in [-0.39, 0.29) is 0 Å². The molecular formula is C7H17NO2PS+. The summed E-state index contributed by atoms with van der Waals surface area (Å²) in [6.45, 7) is 5.61. The van der Waals surface area contributed by atoms with Crippen LogP contribution in [-0.2, 0) is 9.09 Å². The lowest BCUT2D eigenvalue weighted by molar-refractivity contribution is 0.188. The van der Waals surface area contributed by atoms with E-state index < -0.39 is 19.0 Å². The quantitative estimate of drug-likeness (QED) is 0.415. The molecule has 0 rings (SSSR count). The van der Waals surface area contributed by atoms with E-state index in [1.54, 1.807) is 0 Å². The minimum Gasteiger partial charge on any atom is -0.301 e. The van der Waals surface area contributed by atoms with Gasteiger partial charge in [0.1, 0.15) is 0 Å². The van der Waals surface area contributed by atoms with Crippen molar-refractivity contribution >= 4 is 20.7 Å². The molecule has 0 radical (unpaired) electrons. The van der Waals surface area contributed by atoms with Crippen LogP contribution in [0.25, 0.3) is 0 Å². The van der Waals surface area contributed by atoms with Gasteiger partial charge in [-0.15, -0.1) is 4.52 Å². The van der Waals surface area contributed by atoms with Gasteiger partial charge < -0.3 is 5.73 Å². The van der Waals surface area contributed by atoms with Crippen molar-refractivity contribution in [2.75, 3.05) is 6.16 Å². The lowest BCUT2D eigenvalue weighted by atomic mass is 10.2. The second kappa shape index (κ2) is 5.18. The predicted octanol–water partition coefficient (Wildman–Crippen LogP) is 2.15. The van der Waals surface area contributed by atoms with Crippen LogP contribution in [-0.4, -0.2) is 17.1 Å². The topological polar surface area (TPSA) is 52.3 Å². The fourth-order valence-electron chi connectivity index (χ4n) is 0.491. The molecule has 0 aliphatic heterocycles. The van der Waals surface area contributed by atoms with Crippen LogP contribution in [0.5, 0.6) is 0 Å². The van der Waals surface area contributed by atoms with Crippen molar-refractivity contribution < 1.29 is 9.09 Å². The maximum atomic E-state index is 11.1. The first-order valence-electron chi connectivity index (χ1n) is 3.97. The third kappa shape index (κ3) is 5.09. The third-order valence-corrected chi connectivity index (χ3v) is 2.86. The van der Waals surface area contributed by atoms with Crippen molar-refractivity contribution in [3.8, 4) is 0 Å². The molecular weight excluding hydrogens is 193 g/mol. The summed E-state index contributed by atoms with van der Waals surface area (Å²) in [4.78, 5) is 0. The van der Waals surface area contributed by atoms with Crippen LogP contribution in [0.1, 0.15) is 27.2 Å². The monoisotopic (exact) mass is 210 g/mol. The lowest BCUT2D eigenvalue weighted by Crippen LogP contribution is -2.39. The van der Waals surface area contributed by atoms with Gasteiger partial charge in [-0.2, -0.15) is 12.6 Å². The van der Waals surface area contributed by atoms with E-state index in [9.17, 15) is 4.57 Å². The second-order valence-electron chi connectivity index (χ2n) is 3.24. The zero-order valence-corrected chi connectivity index (χ0v) is 9.57. The molecule has 2 atom stereocenters. The Morgan fingerprint density at radius 3 is 2.50 bits per heavy atom. The molecule has 0 aromatic carbocycles. The molecule has 0 aliphatic rings. The zero-order chi connectivity index (χ0) is 9.78. The molecule has 12 heavy (non-hydrogen) atoms. The molecule has 0 saturated carbocycles. The maximum absolute atomic E-state index is 11.1. The SMILES string of the molecule is CCC[P+](=O)OC(N)C(C)(C)S. The molecule has 0 aliphatic carbocycles. The summed E-state index contributed by atoms with van der Waals surface area (Å²) in [6.07, 6.45) is 0.831. The number of rotatable bonds is 5. The van der Waals surface area contributed by atoms with Crippen LogP contribution < -0.4 is 5.73 Å². The molecule has 2 unspecified atom stereocenters. The van der Waals surface area contributed by atoms with Crippen LogP contribution in [0.2, 0.25) is 0 Å². The summed E-state index contributed by atoms with van der Waals surface area (Å²) in [7, 11) is -1.61. The van der Waals surface area contributed by atoms with E-state index in [4.69, 9.17) is 10.3 Å². The van der Waals surface area contributed by atoms with Gasteiger partial charge in [0, 0.05) is 0 Å². The lowest BCUT2D eigenvalue weighted by Gasteiger charge is -2.20. The standard InChI is InChI=1S/C7H16NO2PS/c1-4-5-11(9)10-6(8)7(2,3)12/h6H,4-5,8H2,1-3H3/p+1. The summed E-state index contributed by atoms with van der Waals surface area (Å²) < 4.78 is 15.7. The Balaban J connectivity index is 3.84. The Morgan fingerprint density at radius 2 is 2.17 bits per heavy atom. The predicted molar refractivity (Wildman–Crippen MR) is 54.9 cm³/mol. The van der Waals surface area contributed by atoms with E-state index in [0.29, 0.717) is 6.16 Å². The Morgan fingerprint density at radius 1 is 1.67 bits per heavy atom. The van der Waals surface area contributed by atoms with Gasteiger partial charge >= 0.3 is 8.03 Å². The van der Waals surface area contributed by atoms with Crippen molar-refractivity contribution in [2.45, 2.75) is 38.2 Å². The normalized spacial score (nSPS) is 15.9. The molecule has 5 heteroatoms. The van der Waals surface area contributed by atoms with Gasteiger partial charge in [-0.25, -0.2) is 0 Å². The molecule has 72 valence electrons. The van der Waals surface area contributed by atoms with E-state index in [1.807, 2.05) is 20.8 Å². The number of hydrogen-bond donors (Lipinski definition) is 2. The van der Waals surface area contributed by atoms with E-state index in [1.165, 1.54) is 0 Å². The first kappa shape index (κ1) is 12.4. The van der Waals surface area contributed by atoms with Gasteiger partial charge in [-0.1, -0.05) is 6.92 Å².